The van der Waals surface area contributed by atoms with Crippen molar-refractivity contribution in [1.82, 2.24) is 19.4 Å². The minimum atomic E-state index is -4.05. The normalized spacial score (nSPS) is 16.4. The van der Waals surface area contributed by atoms with Gasteiger partial charge in [-0.15, -0.1) is 0 Å². The van der Waals surface area contributed by atoms with E-state index in [1.165, 1.54) is 17.2 Å². The number of likely N-dealkylation sites (N-methyl/N-ethyl adjacent to an activating group) is 1. The van der Waals surface area contributed by atoms with Crippen molar-refractivity contribution in [3.8, 4) is 0 Å². The van der Waals surface area contributed by atoms with Crippen molar-refractivity contribution in [2.45, 2.75) is 63.1 Å². The van der Waals surface area contributed by atoms with Gasteiger partial charge in [0.2, 0.25) is 0 Å². The summed E-state index contributed by atoms with van der Waals surface area (Å²) in [5, 5.41) is 6.83. The molecule has 0 saturated carbocycles. The minimum absolute atomic E-state index is 0.160. The van der Waals surface area contributed by atoms with Crippen molar-refractivity contribution < 1.29 is 13.2 Å². The average molecular weight is 432 g/mol. The summed E-state index contributed by atoms with van der Waals surface area (Å²) in [6.07, 6.45) is 7.60. The molecule has 162 valence electrons. The summed E-state index contributed by atoms with van der Waals surface area (Å²) in [5.74, 6) is 0. The van der Waals surface area contributed by atoms with Gasteiger partial charge in [0.25, 0.3) is 10.0 Å². The van der Waals surface area contributed by atoms with E-state index in [0.29, 0.717) is 6.54 Å². The fourth-order valence-corrected chi connectivity index (χ4v) is 5.15. The van der Waals surface area contributed by atoms with Crippen LogP contribution in [0, 0.1) is 0 Å². The van der Waals surface area contributed by atoms with Crippen LogP contribution in [0.3, 0.4) is 0 Å². The van der Waals surface area contributed by atoms with Crippen LogP contribution in [0.4, 0.5) is 10.5 Å². The predicted octanol–water partition coefficient (Wildman–Crippen LogP) is 2.32. The lowest BCUT2D eigenvalue weighted by atomic mass is 9.99. The number of aromatic nitrogens is 2. The highest BCUT2D eigenvalue weighted by Crippen LogP contribution is 2.38. The quantitative estimate of drug-likeness (QED) is 0.732. The number of aryl methyl sites for hydroxylation is 2. The third-order valence-corrected chi connectivity index (χ3v) is 7.39. The van der Waals surface area contributed by atoms with Crippen LogP contribution in [0.2, 0.25) is 0 Å². The number of carbonyl (C=O) groups is 1. The van der Waals surface area contributed by atoms with Gasteiger partial charge < -0.3 is 10.2 Å². The number of anilines is 1. The fraction of sp³-hybridized carbons (Fsp3) is 0.524. The summed E-state index contributed by atoms with van der Waals surface area (Å²) in [5.41, 5.74) is 5.69. The van der Waals surface area contributed by atoms with Gasteiger partial charge in [0.05, 0.1) is 6.54 Å². The lowest BCUT2D eigenvalue weighted by Gasteiger charge is -2.19. The third kappa shape index (κ3) is 4.09. The van der Waals surface area contributed by atoms with Gasteiger partial charge in [-0.1, -0.05) is 6.07 Å². The Morgan fingerprint density at radius 3 is 2.40 bits per heavy atom. The summed E-state index contributed by atoms with van der Waals surface area (Å²) in [4.78, 5) is 14.7. The number of benzene rings is 1. The number of sulfonamides is 1. The lowest BCUT2D eigenvalue weighted by Crippen LogP contribution is -2.35. The summed E-state index contributed by atoms with van der Waals surface area (Å²) < 4.78 is 29.1. The van der Waals surface area contributed by atoms with Gasteiger partial charge in [-0.3, -0.25) is 4.68 Å². The van der Waals surface area contributed by atoms with Crippen LogP contribution in [0.5, 0.6) is 0 Å². The van der Waals surface area contributed by atoms with E-state index in [1.807, 2.05) is 25.9 Å². The highest BCUT2D eigenvalue weighted by atomic mass is 32.2. The van der Waals surface area contributed by atoms with E-state index < -0.39 is 16.1 Å². The molecule has 9 heteroatoms. The topological polar surface area (TPSA) is 96.3 Å². The Labute approximate surface area is 177 Å². The molecule has 2 aromatic rings. The molecule has 2 aliphatic carbocycles. The number of amides is 2. The second-order valence-corrected chi connectivity index (χ2v) is 10.1. The van der Waals surface area contributed by atoms with Crippen LogP contribution in [-0.4, -0.2) is 49.3 Å². The van der Waals surface area contributed by atoms with Crippen LogP contribution in [0.25, 0.3) is 0 Å². The lowest BCUT2D eigenvalue weighted by molar-refractivity contribution is 0.256. The Morgan fingerprint density at radius 2 is 1.80 bits per heavy atom. The van der Waals surface area contributed by atoms with Gasteiger partial charge in [-0.05, 0) is 87.9 Å². The Hall–Kier alpha value is -2.39. The number of hydrogen-bond donors (Lipinski definition) is 2. The van der Waals surface area contributed by atoms with E-state index in [0.717, 1.165) is 55.3 Å². The van der Waals surface area contributed by atoms with Gasteiger partial charge in [0, 0.05) is 17.9 Å². The number of urea groups is 1. The molecule has 1 aromatic heterocycles. The van der Waals surface area contributed by atoms with Gasteiger partial charge in [0.1, 0.15) is 0 Å². The largest absolute Gasteiger partial charge is 0.333 e. The smallest absolute Gasteiger partial charge is 0.307 e. The Morgan fingerprint density at radius 1 is 1.17 bits per heavy atom. The van der Waals surface area contributed by atoms with Crippen molar-refractivity contribution >= 4 is 21.7 Å². The monoisotopic (exact) mass is 431 g/mol. The van der Waals surface area contributed by atoms with Crippen molar-refractivity contribution in [2.75, 3.05) is 19.4 Å². The van der Waals surface area contributed by atoms with Gasteiger partial charge in [-0.25, -0.2) is 9.52 Å². The zero-order valence-corrected chi connectivity index (χ0v) is 18.6. The van der Waals surface area contributed by atoms with E-state index in [4.69, 9.17) is 0 Å². The molecule has 4 rings (SSSR count). The van der Waals surface area contributed by atoms with E-state index >= 15 is 0 Å². The van der Waals surface area contributed by atoms with Crippen molar-refractivity contribution in [3.05, 3.63) is 40.6 Å². The molecule has 0 spiro atoms. The Balaban J connectivity index is 1.49. The van der Waals surface area contributed by atoms with Crippen molar-refractivity contribution in [3.63, 3.8) is 0 Å². The first-order valence-electron chi connectivity index (χ1n) is 10.4. The molecule has 1 heterocycles. The number of fused-ring (bicyclic) bond motifs is 2. The molecule has 0 radical (unpaired) electrons. The van der Waals surface area contributed by atoms with Crippen LogP contribution < -0.4 is 10.0 Å². The van der Waals surface area contributed by atoms with Crippen molar-refractivity contribution in [2.24, 2.45) is 0 Å². The molecule has 0 fully saturated rings. The molecular weight excluding hydrogens is 402 g/mol. The first kappa shape index (κ1) is 20.9. The average Bonchev–Trinajstić information content (AvgIpc) is 3.41. The van der Waals surface area contributed by atoms with Crippen LogP contribution in [0.1, 0.15) is 42.0 Å². The van der Waals surface area contributed by atoms with E-state index in [1.54, 1.807) is 10.9 Å². The maximum absolute atomic E-state index is 12.7. The number of nitrogens with zero attached hydrogens (tertiary/aromatic N) is 3. The molecule has 0 bridgehead atoms. The zero-order valence-electron chi connectivity index (χ0n) is 17.7. The molecule has 0 aliphatic heterocycles. The number of rotatable bonds is 6. The molecule has 2 amide bonds. The maximum Gasteiger partial charge on any atom is 0.333 e. The number of nitrogens with one attached hydrogen (secondary N) is 2. The number of carbonyl (C=O) groups excluding carboxylic acids is 1. The summed E-state index contributed by atoms with van der Waals surface area (Å²) in [6.45, 7) is 2.58. The molecule has 1 aromatic carbocycles. The molecule has 8 nitrogen and oxygen atoms in total. The highest BCUT2D eigenvalue weighted by molar-refractivity contribution is 7.90. The molecule has 2 N–H and O–H groups in total. The molecule has 0 saturated heterocycles. The summed E-state index contributed by atoms with van der Waals surface area (Å²) in [7, 11) is -0.144. The van der Waals surface area contributed by atoms with E-state index in [9.17, 15) is 13.2 Å². The Bertz CT molecular complexity index is 1040. The summed E-state index contributed by atoms with van der Waals surface area (Å²) >= 11 is 0. The van der Waals surface area contributed by atoms with Crippen LogP contribution >= 0.6 is 0 Å². The third-order valence-electron chi connectivity index (χ3n) is 6.16. The van der Waals surface area contributed by atoms with Gasteiger partial charge >= 0.3 is 6.03 Å². The molecule has 1 atom stereocenters. The second kappa shape index (κ2) is 8.03. The first-order chi connectivity index (χ1) is 14.2. The van der Waals surface area contributed by atoms with Crippen LogP contribution in [-0.2, 0) is 42.3 Å². The molecular formula is C21H29N5O3S. The van der Waals surface area contributed by atoms with Gasteiger partial charge in [0.15, 0.2) is 5.03 Å². The maximum atomic E-state index is 12.7. The van der Waals surface area contributed by atoms with Crippen LogP contribution in [0.15, 0.2) is 23.4 Å². The minimum Gasteiger partial charge on any atom is -0.307 e. The fourth-order valence-electron chi connectivity index (χ4n) is 4.30. The highest BCUT2D eigenvalue weighted by Gasteiger charge is 2.27. The van der Waals surface area contributed by atoms with E-state index in [2.05, 4.69) is 21.2 Å². The van der Waals surface area contributed by atoms with Gasteiger partial charge in [-0.2, -0.15) is 13.5 Å². The standard InChI is InChI=1S/C21H29N5O3S/c1-14(25(2)3)13-26-11-10-19(23-26)30(28,29)24-21(27)22-20-17-8-4-6-15(17)12-16-7-5-9-18(16)20/h10-12,14H,4-9,13H2,1-3H3,(H2,22,24,27)/t14-/m0/s1. The second-order valence-electron chi connectivity index (χ2n) is 8.48. The molecule has 30 heavy (non-hydrogen) atoms. The predicted molar refractivity (Wildman–Crippen MR) is 115 cm³/mol. The summed E-state index contributed by atoms with van der Waals surface area (Å²) in [6, 6.07) is 3.14. The SMILES string of the molecule is C[C@@H](Cn1ccc(S(=O)(=O)NC(=O)Nc2c3c(cc4c2CCC4)CCC3)n1)N(C)C. The van der Waals surface area contributed by atoms with E-state index in [-0.39, 0.29) is 11.1 Å². The number of hydrogen-bond acceptors (Lipinski definition) is 5. The Kier molecular flexibility index (Phi) is 5.59. The zero-order chi connectivity index (χ0) is 21.5. The molecule has 0 unspecified atom stereocenters. The van der Waals surface area contributed by atoms with Crippen molar-refractivity contribution in [1.29, 1.82) is 0 Å². The molecule has 2 aliphatic rings. The first-order valence-corrected chi connectivity index (χ1v) is 11.9.